The van der Waals surface area contributed by atoms with Crippen molar-refractivity contribution in [3.05, 3.63) is 53.6 Å². The molecule has 0 saturated carbocycles. The highest BCUT2D eigenvalue weighted by atomic mass is 32.2. The molecule has 10 heteroatoms. The van der Waals surface area contributed by atoms with Gasteiger partial charge in [0.15, 0.2) is 0 Å². The third-order valence-electron chi connectivity index (χ3n) is 5.14. The van der Waals surface area contributed by atoms with E-state index < -0.39 is 0 Å². The molecule has 2 aromatic carbocycles. The van der Waals surface area contributed by atoms with Gasteiger partial charge in [0.2, 0.25) is 11.8 Å². The van der Waals surface area contributed by atoms with Crippen LogP contribution >= 0.6 is 23.5 Å². The first-order valence-corrected chi connectivity index (χ1v) is 12.6. The summed E-state index contributed by atoms with van der Waals surface area (Å²) >= 11 is 2.99. The molecule has 0 atom stereocenters. The minimum atomic E-state index is -0.248. The van der Waals surface area contributed by atoms with Crippen LogP contribution in [0, 0.1) is 6.92 Å². The van der Waals surface area contributed by atoms with Crippen LogP contribution in [0.4, 0.5) is 5.69 Å². The number of methoxy groups -OCH3 is 1. The van der Waals surface area contributed by atoms with Gasteiger partial charge < -0.3 is 19.4 Å². The molecule has 1 saturated heterocycles. The Morgan fingerprint density at radius 3 is 2.64 bits per heavy atom. The number of nitrogens with zero attached hydrogens (tertiary/aromatic N) is 3. The molecule has 4 rings (SSSR count). The zero-order chi connectivity index (χ0) is 23.2. The molecule has 0 radical (unpaired) electrons. The van der Waals surface area contributed by atoms with Crippen molar-refractivity contribution < 1.29 is 18.7 Å². The van der Waals surface area contributed by atoms with Crippen molar-refractivity contribution in [2.75, 3.05) is 42.8 Å². The number of benzene rings is 2. The Balaban J connectivity index is 1.39. The molecule has 0 spiro atoms. The van der Waals surface area contributed by atoms with E-state index in [2.05, 4.69) is 15.5 Å². The number of amides is 2. The monoisotopic (exact) mass is 484 g/mol. The maximum absolute atomic E-state index is 13.0. The molecule has 8 nitrogen and oxygen atoms in total. The van der Waals surface area contributed by atoms with E-state index in [1.807, 2.05) is 60.0 Å². The maximum Gasteiger partial charge on any atom is 0.277 e. The zero-order valence-electron chi connectivity index (χ0n) is 18.4. The number of aryl methyl sites for hydroxylation is 1. The van der Waals surface area contributed by atoms with Crippen molar-refractivity contribution in [2.45, 2.75) is 12.1 Å². The van der Waals surface area contributed by atoms with Crippen LogP contribution in [0.1, 0.15) is 15.9 Å². The zero-order valence-corrected chi connectivity index (χ0v) is 20.0. The Morgan fingerprint density at radius 2 is 1.91 bits per heavy atom. The number of anilines is 1. The van der Waals surface area contributed by atoms with Crippen molar-refractivity contribution >= 4 is 41.0 Å². The molecule has 33 heavy (non-hydrogen) atoms. The molecular weight excluding hydrogens is 460 g/mol. The first kappa shape index (κ1) is 23.2. The van der Waals surface area contributed by atoms with Crippen LogP contribution in [0.2, 0.25) is 0 Å². The van der Waals surface area contributed by atoms with E-state index in [-0.39, 0.29) is 17.6 Å². The second kappa shape index (κ2) is 10.8. The molecule has 0 bridgehead atoms. The summed E-state index contributed by atoms with van der Waals surface area (Å²) in [5.41, 5.74) is 2.67. The molecule has 1 fully saturated rings. The Morgan fingerprint density at radius 1 is 1.15 bits per heavy atom. The molecule has 1 N–H and O–H groups in total. The van der Waals surface area contributed by atoms with Gasteiger partial charge in [-0.3, -0.25) is 9.59 Å². The molecule has 1 aliphatic heterocycles. The van der Waals surface area contributed by atoms with E-state index in [0.29, 0.717) is 35.5 Å². The van der Waals surface area contributed by atoms with Crippen LogP contribution in [0.5, 0.6) is 5.75 Å². The van der Waals surface area contributed by atoms with E-state index in [4.69, 9.17) is 9.15 Å². The van der Waals surface area contributed by atoms with E-state index in [1.54, 1.807) is 13.2 Å². The fraction of sp³-hybridized carbons (Fsp3) is 0.304. The van der Waals surface area contributed by atoms with Crippen molar-refractivity contribution in [2.24, 2.45) is 0 Å². The van der Waals surface area contributed by atoms with Gasteiger partial charge in [0.25, 0.3) is 11.1 Å². The molecule has 3 aromatic rings. The van der Waals surface area contributed by atoms with Crippen LogP contribution in [-0.2, 0) is 4.79 Å². The minimum Gasteiger partial charge on any atom is -0.497 e. The molecule has 2 heterocycles. The summed E-state index contributed by atoms with van der Waals surface area (Å²) in [6.45, 7) is 3.31. The summed E-state index contributed by atoms with van der Waals surface area (Å²) < 4.78 is 10.8. The molecular formula is C23H24N4O4S2. The fourth-order valence-electron chi connectivity index (χ4n) is 3.37. The first-order valence-electron chi connectivity index (χ1n) is 10.4. The first-order chi connectivity index (χ1) is 16.0. The van der Waals surface area contributed by atoms with E-state index >= 15 is 0 Å². The normalized spacial score (nSPS) is 13.6. The van der Waals surface area contributed by atoms with Gasteiger partial charge >= 0.3 is 0 Å². The number of thioether (sulfide) groups is 2. The van der Waals surface area contributed by atoms with Gasteiger partial charge in [0, 0.05) is 30.2 Å². The standard InChI is InChI=1S/C23H24N4O4S2/c1-15-4-3-5-18(22(29)27-10-12-32-13-11-27)20(15)24-19(28)14-33-23-26-25-21(31-23)16-6-8-17(30-2)9-7-16/h3-9H,10-14H2,1-2H3,(H,24,28). The number of carbonyl (C=O) groups is 2. The van der Waals surface area contributed by atoms with E-state index in [9.17, 15) is 9.59 Å². The smallest absolute Gasteiger partial charge is 0.277 e. The van der Waals surface area contributed by atoms with Crippen LogP contribution in [0.15, 0.2) is 52.1 Å². The van der Waals surface area contributed by atoms with Crippen LogP contribution in [0.3, 0.4) is 0 Å². The number of hydrogen-bond acceptors (Lipinski definition) is 8. The number of nitrogens with one attached hydrogen (secondary N) is 1. The van der Waals surface area contributed by atoms with Crippen LogP contribution in [-0.4, -0.2) is 64.4 Å². The largest absolute Gasteiger partial charge is 0.497 e. The second-order valence-corrected chi connectivity index (χ2v) is 9.49. The number of hydrogen-bond donors (Lipinski definition) is 1. The van der Waals surface area contributed by atoms with Gasteiger partial charge in [-0.05, 0) is 42.8 Å². The highest BCUT2D eigenvalue weighted by Gasteiger charge is 2.23. The highest BCUT2D eigenvalue weighted by Crippen LogP contribution is 2.27. The summed E-state index contributed by atoms with van der Waals surface area (Å²) in [5.74, 6) is 2.73. The summed E-state index contributed by atoms with van der Waals surface area (Å²) in [5, 5.41) is 11.3. The Hall–Kier alpha value is -2.98. The molecule has 2 amide bonds. The number of carbonyl (C=O) groups excluding carboxylic acids is 2. The second-order valence-electron chi connectivity index (χ2n) is 7.34. The van der Waals surface area contributed by atoms with Crippen molar-refractivity contribution in [3.8, 4) is 17.2 Å². The average molecular weight is 485 g/mol. The van der Waals surface area contributed by atoms with Gasteiger partial charge in [0.05, 0.1) is 24.1 Å². The quantitative estimate of drug-likeness (QED) is 0.503. The van der Waals surface area contributed by atoms with Gasteiger partial charge in [-0.2, -0.15) is 11.8 Å². The number of rotatable bonds is 7. The molecule has 172 valence electrons. The van der Waals surface area contributed by atoms with Gasteiger partial charge in [0.1, 0.15) is 5.75 Å². The predicted octanol–water partition coefficient (Wildman–Crippen LogP) is 3.97. The van der Waals surface area contributed by atoms with E-state index in [0.717, 1.165) is 40.1 Å². The minimum absolute atomic E-state index is 0.0528. The molecule has 0 unspecified atom stereocenters. The lowest BCUT2D eigenvalue weighted by atomic mass is 10.1. The molecule has 1 aliphatic rings. The van der Waals surface area contributed by atoms with Gasteiger partial charge in [-0.15, -0.1) is 10.2 Å². The maximum atomic E-state index is 13.0. The topological polar surface area (TPSA) is 97.6 Å². The molecule has 1 aromatic heterocycles. The van der Waals surface area contributed by atoms with Crippen molar-refractivity contribution in [3.63, 3.8) is 0 Å². The highest BCUT2D eigenvalue weighted by molar-refractivity contribution is 7.99. The summed E-state index contributed by atoms with van der Waals surface area (Å²) in [4.78, 5) is 27.5. The average Bonchev–Trinajstić information content (AvgIpc) is 3.33. The Kier molecular flexibility index (Phi) is 7.56. The fourth-order valence-corrected chi connectivity index (χ4v) is 4.84. The Labute approximate surface area is 200 Å². The number of para-hydroxylation sites is 1. The summed E-state index contributed by atoms with van der Waals surface area (Å²) in [6.07, 6.45) is 0. The van der Waals surface area contributed by atoms with Crippen molar-refractivity contribution in [1.82, 2.24) is 15.1 Å². The lowest BCUT2D eigenvalue weighted by Crippen LogP contribution is -2.38. The third kappa shape index (κ3) is 5.69. The SMILES string of the molecule is COc1ccc(-c2nnc(SCC(=O)Nc3c(C)cccc3C(=O)N3CCSCC3)o2)cc1. The van der Waals surface area contributed by atoms with Crippen molar-refractivity contribution in [1.29, 1.82) is 0 Å². The lowest BCUT2D eigenvalue weighted by molar-refractivity contribution is -0.113. The van der Waals surface area contributed by atoms with E-state index in [1.165, 1.54) is 0 Å². The lowest BCUT2D eigenvalue weighted by Gasteiger charge is -2.27. The third-order valence-corrected chi connectivity index (χ3v) is 6.90. The molecule has 0 aliphatic carbocycles. The Bertz CT molecular complexity index is 1130. The summed E-state index contributed by atoms with van der Waals surface area (Å²) in [6, 6.07) is 12.7. The summed E-state index contributed by atoms with van der Waals surface area (Å²) in [7, 11) is 1.60. The van der Waals surface area contributed by atoms with Crippen LogP contribution in [0.25, 0.3) is 11.5 Å². The van der Waals surface area contributed by atoms with Gasteiger partial charge in [-0.25, -0.2) is 0 Å². The van der Waals surface area contributed by atoms with Crippen LogP contribution < -0.4 is 10.1 Å². The number of aromatic nitrogens is 2. The van der Waals surface area contributed by atoms with Gasteiger partial charge in [-0.1, -0.05) is 23.9 Å². The number of ether oxygens (including phenoxy) is 1. The predicted molar refractivity (Wildman–Crippen MR) is 130 cm³/mol.